The molecule has 0 aliphatic heterocycles. The molecule has 6 nitrogen and oxygen atoms in total. The van der Waals surface area contributed by atoms with Crippen molar-refractivity contribution in [2.75, 3.05) is 11.9 Å². The maximum absolute atomic E-state index is 12.8. The van der Waals surface area contributed by atoms with E-state index < -0.39 is 0 Å². The van der Waals surface area contributed by atoms with Crippen molar-refractivity contribution in [3.63, 3.8) is 0 Å². The molecule has 0 saturated heterocycles. The number of aromatic nitrogens is 2. The highest BCUT2D eigenvalue weighted by atomic mass is 35.5. The Morgan fingerprint density at radius 1 is 1.20 bits per heavy atom. The summed E-state index contributed by atoms with van der Waals surface area (Å²) in [4.78, 5) is 27.0. The zero-order valence-electron chi connectivity index (χ0n) is 18.0. The average Bonchev–Trinajstić information content (AvgIpc) is 3.41. The number of amides is 2. The molecule has 0 unspecified atom stereocenters. The van der Waals surface area contributed by atoms with Crippen LogP contribution in [0.25, 0.3) is 5.69 Å². The average molecular weight is 451 g/mol. The predicted octanol–water partition coefficient (Wildman–Crippen LogP) is 5.06. The van der Waals surface area contributed by atoms with Crippen LogP contribution >= 0.6 is 23.2 Å². The van der Waals surface area contributed by atoms with Gasteiger partial charge in [-0.1, -0.05) is 44.0 Å². The smallest absolute Gasteiger partial charge is 0.245 e. The molecule has 2 aromatic rings. The van der Waals surface area contributed by atoms with Gasteiger partial charge < -0.3 is 10.2 Å². The molecule has 30 heavy (non-hydrogen) atoms. The lowest BCUT2D eigenvalue weighted by atomic mass is 9.92. The van der Waals surface area contributed by atoms with Crippen LogP contribution in [0.2, 0.25) is 10.0 Å². The van der Waals surface area contributed by atoms with Crippen molar-refractivity contribution < 1.29 is 9.59 Å². The van der Waals surface area contributed by atoms with Crippen molar-refractivity contribution in [2.45, 2.75) is 58.9 Å². The minimum atomic E-state index is -0.264. The quantitative estimate of drug-likeness (QED) is 0.668. The minimum Gasteiger partial charge on any atom is -0.331 e. The highest BCUT2D eigenvalue weighted by molar-refractivity contribution is 6.42. The molecule has 1 fully saturated rings. The zero-order valence-corrected chi connectivity index (χ0v) is 19.5. The Morgan fingerprint density at radius 3 is 2.40 bits per heavy atom. The summed E-state index contributed by atoms with van der Waals surface area (Å²) in [6.45, 7) is 10.00. The molecule has 162 valence electrons. The van der Waals surface area contributed by atoms with Crippen LogP contribution in [0.5, 0.6) is 0 Å². The third-order valence-electron chi connectivity index (χ3n) is 5.04. The fraction of sp³-hybridized carbons (Fsp3) is 0.500. The van der Waals surface area contributed by atoms with E-state index >= 15 is 0 Å². The van der Waals surface area contributed by atoms with E-state index in [4.69, 9.17) is 23.2 Å². The van der Waals surface area contributed by atoms with Gasteiger partial charge in [0.05, 0.1) is 21.4 Å². The molecule has 0 bridgehead atoms. The molecule has 1 aromatic carbocycles. The number of anilines is 1. The number of hydrogen-bond acceptors (Lipinski definition) is 3. The Morgan fingerprint density at radius 2 is 1.87 bits per heavy atom. The lowest BCUT2D eigenvalue weighted by Crippen LogP contribution is -2.43. The van der Waals surface area contributed by atoms with Gasteiger partial charge in [-0.05, 0) is 44.9 Å². The van der Waals surface area contributed by atoms with Crippen molar-refractivity contribution in [3.05, 3.63) is 40.0 Å². The maximum Gasteiger partial charge on any atom is 0.245 e. The Hall–Kier alpha value is -2.05. The summed E-state index contributed by atoms with van der Waals surface area (Å²) in [5, 5.41) is 8.46. The third-order valence-corrected chi connectivity index (χ3v) is 5.78. The van der Waals surface area contributed by atoms with Gasteiger partial charge in [-0.2, -0.15) is 5.10 Å². The number of nitrogens with one attached hydrogen (secondary N) is 1. The van der Waals surface area contributed by atoms with Gasteiger partial charge in [0.2, 0.25) is 11.8 Å². The number of benzene rings is 1. The maximum atomic E-state index is 12.8. The fourth-order valence-corrected chi connectivity index (χ4v) is 3.36. The molecule has 8 heteroatoms. The van der Waals surface area contributed by atoms with E-state index in [1.54, 1.807) is 27.8 Å². The van der Waals surface area contributed by atoms with Crippen molar-refractivity contribution in [1.82, 2.24) is 14.7 Å². The first-order chi connectivity index (χ1) is 14.0. The van der Waals surface area contributed by atoms with Crippen LogP contribution in [0.4, 0.5) is 5.82 Å². The second kappa shape index (κ2) is 8.60. The van der Waals surface area contributed by atoms with E-state index in [9.17, 15) is 9.59 Å². The summed E-state index contributed by atoms with van der Waals surface area (Å²) in [6.07, 6.45) is 1.81. The molecule has 0 radical (unpaired) electrons. The van der Waals surface area contributed by atoms with E-state index in [1.807, 2.05) is 19.9 Å². The monoisotopic (exact) mass is 450 g/mol. The van der Waals surface area contributed by atoms with Crippen molar-refractivity contribution >= 4 is 40.8 Å². The van der Waals surface area contributed by atoms with E-state index in [-0.39, 0.29) is 35.7 Å². The molecule has 1 saturated carbocycles. The van der Waals surface area contributed by atoms with Crippen molar-refractivity contribution in [1.29, 1.82) is 0 Å². The standard InChI is InChI=1S/C22H28Cl2N4O2/c1-13(2)27(21(30)14-6-7-14)12-20(29)25-19-11-18(22(3,4)5)26-28(19)15-8-9-16(23)17(24)10-15/h8-11,13-14H,6-7,12H2,1-5H3,(H,25,29). The van der Waals surface area contributed by atoms with Crippen molar-refractivity contribution in [3.8, 4) is 5.69 Å². The first-order valence-electron chi connectivity index (χ1n) is 10.1. The summed E-state index contributed by atoms with van der Waals surface area (Å²) in [5.74, 6) is 0.369. The molecule has 3 rings (SSSR count). The number of halogens is 2. The number of hydrogen-bond donors (Lipinski definition) is 1. The van der Waals surface area contributed by atoms with E-state index in [0.29, 0.717) is 21.6 Å². The summed E-state index contributed by atoms with van der Waals surface area (Å²) >= 11 is 12.2. The molecule has 2 amide bonds. The minimum absolute atomic E-state index is 0.00437. The second-order valence-corrected chi connectivity index (χ2v) is 9.87. The molecule has 1 aliphatic carbocycles. The topological polar surface area (TPSA) is 67.2 Å². The summed E-state index contributed by atoms with van der Waals surface area (Å²) in [5.41, 5.74) is 1.29. The van der Waals surface area contributed by atoms with Crippen LogP contribution < -0.4 is 5.32 Å². The zero-order chi connectivity index (χ0) is 22.2. The Bertz CT molecular complexity index is 959. The molecule has 1 aliphatic rings. The Kier molecular flexibility index (Phi) is 6.48. The predicted molar refractivity (Wildman–Crippen MR) is 120 cm³/mol. The largest absolute Gasteiger partial charge is 0.331 e. The van der Waals surface area contributed by atoms with Gasteiger partial charge >= 0.3 is 0 Å². The lowest BCUT2D eigenvalue weighted by Gasteiger charge is -2.26. The van der Waals surface area contributed by atoms with Gasteiger partial charge in [0.1, 0.15) is 12.4 Å². The van der Waals surface area contributed by atoms with Crippen LogP contribution in [-0.2, 0) is 15.0 Å². The molecule has 1 N–H and O–H groups in total. The first-order valence-corrected chi connectivity index (χ1v) is 10.9. The first kappa shape index (κ1) is 22.6. The van der Waals surface area contributed by atoms with E-state index in [2.05, 4.69) is 31.2 Å². The van der Waals surface area contributed by atoms with Crippen LogP contribution in [-0.4, -0.2) is 39.1 Å². The molecule has 1 aromatic heterocycles. The number of carbonyl (C=O) groups is 2. The van der Waals surface area contributed by atoms with Crippen LogP contribution in [0.3, 0.4) is 0 Å². The van der Waals surface area contributed by atoms with Gasteiger partial charge in [-0.25, -0.2) is 4.68 Å². The number of carbonyl (C=O) groups excluding carboxylic acids is 2. The van der Waals surface area contributed by atoms with Crippen LogP contribution in [0.15, 0.2) is 24.3 Å². The molecular weight excluding hydrogens is 423 g/mol. The van der Waals surface area contributed by atoms with E-state index in [1.165, 1.54) is 0 Å². The Labute approximate surface area is 187 Å². The summed E-state index contributed by atoms with van der Waals surface area (Å²) in [6, 6.07) is 6.99. The SMILES string of the molecule is CC(C)N(CC(=O)Nc1cc(C(C)(C)C)nn1-c1ccc(Cl)c(Cl)c1)C(=O)C1CC1. The second-order valence-electron chi connectivity index (χ2n) is 9.06. The van der Waals surface area contributed by atoms with Crippen LogP contribution in [0.1, 0.15) is 53.2 Å². The van der Waals surface area contributed by atoms with Gasteiger partial charge in [-0.15, -0.1) is 0 Å². The third kappa shape index (κ3) is 5.16. The molecule has 1 heterocycles. The number of rotatable bonds is 6. The lowest BCUT2D eigenvalue weighted by molar-refractivity contribution is -0.137. The summed E-state index contributed by atoms with van der Waals surface area (Å²) in [7, 11) is 0. The van der Waals surface area contributed by atoms with Gasteiger partial charge in [-0.3, -0.25) is 9.59 Å². The molecular formula is C22H28Cl2N4O2. The molecule has 0 atom stereocenters. The summed E-state index contributed by atoms with van der Waals surface area (Å²) < 4.78 is 1.64. The van der Waals surface area contributed by atoms with E-state index in [0.717, 1.165) is 18.5 Å². The fourth-order valence-electron chi connectivity index (χ4n) is 3.07. The van der Waals surface area contributed by atoms with Crippen LogP contribution in [0, 0.1) is 5.92 Å². The number of nitrogens with zero attached hydrogens (tertiary/aromatic N) is 3. The molecule has 0 spiro atoms. The Balaban J connectivity index is 1.88. The van der Waals surface area contributed by atoms with Gasteiger partial charge in [0.25, 0.3) is 0 Å². The highest BCUT2D eigenvalue weighted by Crippen LogP contribution is 2.32. The normalized spacial score (nSPS) is 14.1. The van der Waals surface area contributed by atoms with Crippen molar-refractivity contribution in [2.24, 2.45) is 5.92 Å². The van der Waals surface area contributed by atoms with Gasteiger partial charge in [0.15, 0.2) is 0 Å². The highest BCUT2D eigenvalue weighted by Gasteiger charge is 2.35. The van der Waals surface area contributed by atoms with Gasteiger partial charge in [0, 0.05) is 23.4 Å².